The lowest BCUT2D eigenvalue weighted by Gasteiger charge is -2.24. The van der Waals surface area contributed by atoms with Crippen LogP contribution in [0.5, 0.6) is 0 Å². The Bertz CT molecular complexity index is 1210. The Hall–Kier alpha value is -2.84. The molecular weight excluding hydrogens is 509 g/mol. The molecule has 182 valence electrons. The number of halogens is 3. The molecule has 10 heteroatoms. The van der Waals surface area contributed by atoms with Gasteiger partial charge in [-0.05, 0) is 60.2 Å². The molecule has 1 saturated heterocycles. The average Bonchev–Trinajstić information content (AvgIpc) is 2.85. The van der Waals surface area contributed by atoms with Crippen molar-refractivity contribution >= 4 is 63.9 Å². The highest BCUT2D eigenvalue weighted by Gasteiger charge is 2.22. The van der Waals surface area contributed by atoms with E-state index in [0.29, 0.717) is 58.0 Å². The first-order valence-corrected chi connectivity index (χ1v) is 12.2. The SMILES string of the molecule is C=CC(=O)Nc1cccc(CNc2nc(Nc3cc(Cl)c(C4CCOCC4)c(Cl)c3)ncc2Cl)c1. The van der Waals surface area contributed by atoms with Crippen LogP contribution in [0.15, 0.2) is 55.3 Å². The van der Waals surface area contributed by atoms with Gasteiger partial charge in [0, 0.05) is 41.2 Å². The fraction of sp³-hybridized carbons (Fsp3) is 0.240. The highest BCUT2D eigenvalue weighted by molar-refractivity contribution is 6.36. The fourth-order valence-corrected chi connectivity index (χ4v) is 4.80. The molecule has 0 saturated carbocycles. The van der Waals surface area contributed by atoms with E-state index in [1.54, 1.807) is 6.07 Å². The second-order valence-electron chi connectivity index (χ2n) is 8.00. The van der Waals surface area contributed by atoms with Gasteiger partial charge in [-0.15, -0.1) is 0 Å². The summed E-state index contributed by atoms with van der Waals surface area (Å²) in [7, 11) is 0. The maximum absolute atomic E-state index is 11.5. The molecule has 0 aliphatic carbocycles. The molecule has 2 heterocycles. The molecule has 1 amide bonds. The van der Waals surface area contributed by atoms with Crippen LogP contribution >= 0.6 is 34.8 Å². The van der Waals surface area contributed by atoms with Crippen LogP contribution in [0.2, 0.25) is 15.1 Å². The zero-order chi connectivity index (χ0) is 24.8. The highest BCUT2D eigenvalue weighted by Crippen LogP contribution is 2.39. The predicted molar refractivity (Wildman–Crippen MR) is 142 cm³/mol. The summed E-state index contributed by atoms with van der Waals surface area (Å²) in [6, 6.07) is 11.1. The van der Waals surface area contributed by atoms with Gasteiger partial charge in [-0.1, -0.05) is 53.5 Å². The number of carbonyl (C=O) groups is 1. The monoisotopic (exact) mass is 531 g/mol. The molecule has 3 aromatic rings. The number of nitrogens with one attached hydrogen (secondary N) is 3. The maximum atomic E-state index is 11.5. The number of nitrogens with zero attached hydrogens (tertiary/aromatic N) is 2. The summed E-state index contributed by atoms with van der Waals surface area (Å²) in [6.07, 6.45) is 4.52. The Labute approximate surface area is 218 Å². The van der Waals surface area contributed by atoms with Gasteiger partial charge >= 0.3 is 0 Å². The van der Waals surface area contributed by atoms with E-state index in [4.69, 9.17) is 39.5 Å². The first-order valence-electron chi connectivity index (χ1n) is 11.1. The largest absolute Gasteiger partial charge is 0.381 e. The van der Waals surface area contributed by atoms with Crippen LogP contribution in [-0.4, -0.2) is 29.1 Å². The Morgan fingerprint density at radius 2 is 1.83 bits per heavy atom. The van der Waals surface area contributed by atoms with E-state index in [-0.39, 0.29) is 11.8 Å². The Morgan fingerprint density at radius 1 is 1.09 bits per heavy atom. The summed E-state index contributed by atoms with van der Waals surface area (Å²) in [4.78, 5) is 20.3. The van der Waals surface area contributed by atoms with Crippen molar-refractivity contribution in [1.82, 2.24) is 9.97 Å². The summed E-state index contributed by atoms with van der Waals surface area (Å²) in [5.41, 5.74) is 3.23. The number of ether oxygens (including phenoxy) is 1. The number of hydrogen-bond donors (Lipinski definition) is 3. The van der Waals surface area contributed by atoms with Gasteiger partial charge in [0.25, 0.3) is 0 Å². The standard InChI is InChI=1S/C25H24Cl3N5O2/c1-2-22(34)31-17-5-3-4-15(10-17)13-29-24-21(28)14-30-25(33-24)32-18-11-19(26)23(20(27)12-18)16-6-8-35-9-7-16/h2-5,10-12,14,16H,1,6-9,13H2,(H,31,34)(H2,29,30,32,33). The summed E-state index contributed by atoms with van der Waals surface area (Å²) >= 11 is 19.5. The van der Waals surface area contributed by atoms with Gasteiger partial charge in [0.15, 0.2) is 5.82 Å². The van der Waals surface area contributed by atoms with Crippen molar-refractivity contribution in [2.45, 2.75) is 25.3 Å². The minimum Gasteiger partial charge on any atom is -0.381 e. The van der Waals surface area contributed by atoms with Crippen LogP contribution in [-0.2, 0) is 16.1 Å². The molecule has 35 heavy (non-hydrogen) atoms. The van der Waals surface area contributed by atoms with Crippen LogP contribution in [0.4, 0.5) is 23.1 Å². The molecule has 1 fully saturated rings. The van der Waals surface area contributed by atoms with Crippen molar-refractivity contribution in [1.29, 1.82) is 0 Å². The molecule has 0 unspecified atom stereocenters. The van der Waals surface area contributed by atoms with Crippen molar-refractivity contribution in [3.8, 4) is 0 Å². The van der Waals surface area contributed by atoms with Gasteiger partial charge in [-0.25, -0.2) is 4.98 Å². The first-order chi connectivity index (χ1) is 16.9. The molecule has 7 nitrogen and oxygen atoms in total. The molecule has 3 N–H and O–H groups in total. The number of amides is 1. The number of anilines is 4. The molecular formula is C25H24Cl3N5O2. The molecule has 1 aliphatic heterocycles. The van der Waals surface area contributed by atoms with Crippen LogP contribution in [0.3, 0.4) is 0 Å². The number of rotatable bonds is 8. The third kappa shape index (κ3) is 6.64. The lowest BCUT2D eigenvalue weighted by atomic mass is 9.91. The summed E-state index contributed by atoms with van der Waals surface area (Å²) in [5.74, 6) is 0.810. The Balaban J connectivity index is 1.45. The number of hydrogen-bond acceptors (Lipinski definition) is 6. The van der Waals surface area contributed by atoms with E-state index in [1.165, 1.54) is 12.3 Å². The van der Waals surface area contributed by atoms with Gasteiger partial charge < -0.3 is 20.7 Å². The molecule has 0 spiro atoms. The molecule has 1 aromatic heterocycles. The van der Waals surface area contributed by atoms with Gasteiger partial charge in [0.2, 0.25) is 11.9 Å². The summed E-state index contributed by atoms with van der Waals surface area (Å²) < 4.78 is 5.45. The van der Waals surface area contributed by atoms with Gasteiger partial charge in [0.1, 0.15) is 5.02 Å². The minimum atomic E-state index is -0.273. The van der Waals surface area contributed by atoms with E-state index in [9.17, 15) is 4.79 Å². The number of aromatic nitrogens is 2. The Kier molecular flexibility index (Phi) is 8.46. The van der Waals surface area contributed by atoms with E-state index >= 15 is 0 Å². The third-order valence-electron chi connectivity index (χ3n) is 5.55. The normalized spacial score (nSPS) is 13.8. The van der Waals surface area contributed by atoms with Crippen molar-refractivity contribution < 1.29 is 9.53 Å². The molecule has 2 aromatic carbocycles. The smallest absolute Gasteiger partial charge is 0.247 e. The Morgan fingerprint density at radius 3 is 2.54 bits per heavy atom. The molecule has 1 aliphatic rings. The summed E-state index contributed by atoms with van der Waals surface area (Å²) in [6.45, 7) is 5.31. The van der Waals surface area contributed by atoms with E-state index in [2.05, 4.69) is 32.5 Å². The van der Waals surface area contributed by atoms with E-state index in [0.717, 1.165) is 24.0 Å². The maximum Gasteiger partial charge on any atom is 0.247 e. The lowest BCUT2D eigenvalue weighted by Crippen LogP contribution is -2.15. The third-order valence-corrected chi connectivity index (χ3v) is 6.45. The number of carbonyl (C=O) groups excluding carboxylic acids is 1. The minimum absolute atomic E-state index is 0.273. The van der Waals surface area contributed by atoms with E-state index in [1.807, 2.05) is 30.3 Å². The second-order valence-corrected chi connectivity index (χ2v) is 9.22. The second kappa shape index (κ2) is 11.7. The van der Waals surface area contributed by atoms with Crippen molar-refractivity contribution in [2.24, 2.45) is 0 Å². The van der Waals surface area contributed by atoms with Crippen LogP contribution < -0.4 is 16.0 Å². The van der Waals surface area contributed by atoms with Crippen molar-refractivity contribution in [2.75, 3.05) is 29.2 Å². The highest BCUT2D eigenvalue weighted by atomic mass is 35.5. The quantitative estimate of drug-likeness (QED) is 0.276. The zero-order valence-electron chi connectivity index (χ0n) is 18.8. The van der Waals surface area contributed by atoms with Crippen LogP contribution in [0.1, 0.15) is 29.9 Å². The number of benzene rings is 2. The first kappa shape index (κ1) is 25.3. The molecule has 0 bridgehead atoms. The van der Waals surface area contributed by atoms with Crippen molar-refractivity contribution in [3.05, 3.63) is 81.4 Å². The average molecular weight is 533 g/mol. The van der Waals surface area contributed by atoms with Gasteiger partial charge in [0.05, 0.1) is 6.20 Å². The molecule has 0 atom stereocenters. The van der Waals surface area contributed by atoms with E-state index < -0.39 is 0 Å². The molecule has 0 radical (unpaired) electrons. The molecule has 4 rings (SSSR count). The lowest BCUT2D eigenvalue weighted by molar-refractivity contribution is -0.111. The van der Waals surface area contributed by atoms with Gasteiger partial charge in [-0.3, -0.25) is 4.79 Å². The van der Waals surface area contributed by atoms with Crippen LogP contribution in [0, 0.1) is 0 Å². The van der Waals surface area contributed by atoms with Gasteiger partial charge in [-0.2, -0.15) is 4.98 Å². The predicted octanol–water partition coefficient (Wildman–Crippen LogP) is 6.81. The van der Waals surface area contributed by atoms with Crippen molar-refractivity contribution in [3.63, 3.8) is 0 Å². The zero-order valence-corrected chi connectivity index (χ0v) is 21.1. The summed E-state index contributed by atoms with van der Waals surface area (Å²) in [5, 5.41) is 10.7. The van der Waals surface area contributed by atoms with Crippen LogP contribution in [0.25, 0.3) is 0 Å². The topological polar surface area (TPSA) is 88.2 Å². The fourth-order valence-electron chi connectivity index (χ4n) is 3.85.